The van der Waals surface area contributed by atoms with Gasteiger partial charge >= 0.3 is 0 Å². The Hall–Kier alpha value is -2.24. The second-order valence-corrected chi connectivity index (χ2v) is 7.85. The van der Waals surface area contributed by atoms with Gasteiger partial charge in [-0.25, -0.2) is 0 Å². The van der Waals surface area contributed by atoms with Crippen LogP contribution in [0.25, 0.3) is 5.65 Å². The molecule has 0 spiro atoms. The summed E-state index contributed by atoms with van der Waals surface area (Å²) in [5, 5.41) is 19.6. The van der Waals surface area contributed by atoms with Crippen LogP contribution in [-0.2, 0) is 12.1 Å². The van der Waals surface area contributed by atoms with Crippen molar-refractivity contribution in [2.45, 2.75) is 56.3 Å². The third-order valence-electron chi connectivity index (χ3n) is 6.20. The molecule has 2 saturated heterocycles. The van der Waals surface area contributed by atoms with Crippen LogP contribution in [0.5, 0.6) is 0 Å². The van der Waals surface area contributed by atoms with E-state index in [1.807, 2.05) is 22.7 Å². The molecule has 26 heavy (non-hydrogen) atoms. The molecule has 0 saturated carbocycles. The number of rotatable bonds is 3. The number of nitrogens with zero attached hydrogens (tertiary/aromatic N) is 4. The predicted molar refractivity (Wildman–Crippen MR) is 99.5 cm³/mol. The summed E-state index contributed by atoms with van der Waals surface area (Å²) in [6.45, 7) is 0.983. The lowest BCUT2D eigenvalue weighted by Crippen LogP contribution is -2.56. The van der Waals surface area contributed by atoms with Gasteiger partial charge in [0.05, 0.1) is 5.60 Å². The maximum Gasteiger partial charge on any atom is 0.160 e. The quantitative estimate of drug-likeness (QED) is 0.790. The van der Waals surface area contributed by atoms with Crippen LogP contribution in [0.1, 0.15) is 43.2 Å². The zero-order valence-corrected chi connectivity index (χ0v) is 14.8. The van der Waals surface area contributed by atoms with E-state index >= 15 is 0 Å². The summed E-state index contributed by atoms with van der Waals surface area (Å²) >= 11 is 0. The highest BCUT2D eigenvalue weighted by atomic mass is 16.3. The fraction of sp³-hybridized carbons (Fsp3) is 0.429. The van der Waals surface area contributed by atoms with E-state index in [0.29, 0.717) is 12.1 Å². The van der Waals surface area contributed by atoms with E-state index in [4.69, 9.17) is 0 Å². The molecule has 3 aromatic rings. The molecular formula is C21H24N4O. The van der Waals surface area contributed by atoms with Crippen LogP contribution >= 0.6 is 0 Å². The van der Waals surface area contributed by atoms with Gasteiger partial charge in [0.2, 0.25) is 0 Å². The Balaban J connectivity index is 1.43. The number of aliphatic hydroxyl groups is 1. The molecule has 2 aromatic heterocycles. The van der Waals surface area contributed by atoms with Gasteiger partial charge in [0.25, 0.3) is 0 Å². The van der Waals surface area contributed by atoms with Crippen molar-refractivity contribution < 1.29 is 5.11 Å². The topological polar surface area (TPSA) is 53.7 Å². The van der Waals surface area contributed by atoms with Gasteiger partial charge in [-0.3, -0.25) is 9.30 Å². The van der Waals surface area contributed by atoms with Crippen LogP contribution in [0, 0.1) is 0 Å². The Labute approximate surface area is 153 Å². The summed E-state index contributed by atoms with van der Waals surface area (Å²) in [6, 6.07) is 15.5. The van der Waals surface area contributed by atoms with Gasteiger partial charge in [-0.05, 0) is 37.3 Å². The maximum absolute atomic E-state index is 11.5. The second kappa shape index (κ2) is 6.18. The molecule has 0 radical (unpaired) electrons. The first-order valence-electron chi connectivity index (χ1n) is 9.53. The van der Waals surface area contributed by atoms with E-state index in [1.165, 1.54) is 24.8 Å². The molecule has 5 nitrogen and oxygen atoms in total. The highest BCUT2D eigenvalue weighted by Crippen LogP contribution is 2.44. The monoisotopic (exact) mass is 348 g/mol. The molecule has 2 aliphatic heterocycles. The minimum atomic E-state index is -0.762. The van der Waals surface area contributed by atoms with E-state index in [-0.39, 0.29) is 0 Å². The molecule has 2 unspecified atom stereocenters. The molecule has 5 rings (SSSR count). The standard InChI is InChI=1S/C21H24N4O/c26-21(17-9-10-20-23-22-15-24(20)14-17)11-18-7-4-8-19(12-21)25(18)13-16-5-2-1-3-6-16/h1-3,5-6,9-10,14-15,18-19,26H,4,7-8,11-13H2. The summed E-state index contributed by atoms with van der Waals surface area (Å²) in [5.41, 5.74) is 2.40. The summed E-state index contributed by atoms with van der Waals surface area (Å²) in [4.78, 5) is 2.63. The van der Waals surface area contributed by atoms with Crippen LogP contribution in [-0.4, -0.2) is 36.7 Å². The molecule has 134 valence electrons. The van der Waals surface area contributed by atoms with Crippen LogP contribution in [0.2, 0.25) is 0 Å². The van der Waals surface area contributed by atoms with Gasteiger partial charge < -0.3 is 5.11 Å². The van der Waals surface area contributed by atoms with Crippen molar-refractivity contribution in [1.82, 2.24) is 19.5 Å². The third-order valence-corrected chi connectivity index (χ3v) is 6.20. The lowest BCUT2D eigenvalue weighted by atomic mass is 9.72. The number of fused-ring (bicyclic) bond motifs is 3. The average Bonchev–Trinajstić information content (AvgIpc) is 3.11. The van der Waals surface area contributed by atoms with Crippen molar-refractivity contribution in [3.8, 4) is 0 Å². The van der Waals surface area contributed by atoms with Gasteiger partial charge in [-0.1, -0.05) is 42.8 Å². The molecule has 4 heterocycles. The summed E-state index contributed by atoms with van der Waals surface area (Å²) < 4.78 is 1.90. The third kappa shape index (κ3) is 2.72. The van der Waals surface area contributed by atoms with Gasteiger partial charge in [-0.15, -0.1) is 10.2 Å². The fourth-order valence-corrected chi connectivity index (χ4v) is 4.91. The van der Waals surface area contributed by atoms with E-state index in [1.54, 1.807) is 6.33 Å². The van der Waals surface area contributed by atoms with E-state index in [9.17, 15) is 5.11 Å². The van der Waals surface area contributed by atoms with Gasteiger partial charge in [0.15, 0.2) is 5.65 Å². The van der Waals surface area contributed by atoms with Crippen LogP contribution in [0.15, 0.2) is 55.0 Å². The fourth-order valence-electron chi connectivity index (χ4n) is 4.91. The maximum atomic E-state index is 11.5. The van der Waals surface area contributed by atoms with Crippen molar-refractivity contribution >= 4 is 5.65 Å². The summed E-state index contributed by atoms with van der Waals surface area (Å²) in [5.74, 6) is 0. The number of pyridine rings is 1. The van der Waals surface area contributed by atoms with E-state index < -0.39 is 5.60 Å². The Morgan fingerprint density at radius 3 is 2.58 bits per heavy atom. The first-order chi connectivity index (χ1) is 12.7. The van der Waals surface area contributed by atoms with Gasteiger partial charge in [-0.2, -0.15) is 0 Å². The largest absolute Gasteiger partial charge is 0.385 e. The molecule has 1 aromatic carbocycles. The lowest BCUT2D eigenvalue weighted by molar-refractivity contribution is -0.100. The molecule has 0 aliphatic carbocycles. The summed E-state index contributed by atoms with van der Waals surface area (Å²) in [7, 11) is 0. The highest BCUT2D eigenvalue weighted by molar-refractivity contribution is 5.39. The van der Waals surface area contributed by atoms with Crippen molar-refractivity contribution in [2.24, 2.45) is 0 Å². The Morgan fingerprint density at radius 1 is 1.04 bits per heavy atom. The van der Waals surface area contributed by atoms with Gasteiger partial charge in [0, 0.05) is 30.4 Å². The molecule has 1 N–H and O–H groups in total. The summed E-state index contributed by atoms with van der Waals surface area (Å²) in [6.07, 6.45) is 8.89. The minimum absolute atomic E-state index is 0.435. The average molecular weight is 348 g/mol. The molecule has 5 heteroatoms. The second-order valence-electron chi connectivity index (χ2n) is 7.85. The van der Waals surface area contributed by atoms with E-state index in [2.05, 4.69) is 45.4 Å². The Kier molecular flexibility index (Phi) is 3.80. The van der Waals surface area contributed by atoms with Crippen molar-refractivity contribution in [1.29, 1.82) is 0 Å². The normalized spacial score (nSPS) is 29.1. The van der Waals surface area contributed by atoms with Crippen molar-refractivity contribution in [2.75, 3.05) is 0 Å². The molecule has 2 bridgehead atoms. The Morgan fingerprint density at radius 2 is 1.81 bits per heavy atom. The zero-order chi connectivity index (χ0) is 17.6. The first-order valence-corrected chi connectivity index (χ1v) is 9.53. The van der Waals surface area contributed by atoms with Crippen molar-refractivity contribution in [3.05, 3.63) is 66.1 Å². The Bertz CT molecular complexity index is 893. The van der Waals surface area contributed by atoms with E-state index in [0.717, 1.165) is 30.6 Å². The van der Waals surface area contributed by atoms with Crippen LogP contribution in [0.3, 0.4) is 0 Å². The molecule has 0 amide bonds. The molecule has 2 atom stereocenters. The first kappa shape index (κ1) is 16.0. The number of hydrogen-bond donors (Lipinski definition) is 1. The smallest absolute Gasteiger partial charge is 0.160 e. The van der Waals surface area contributed by atoms with Crippen molar-refractivity contribution in [3.63, 3.8) is 0 Å². The minimum Gasteiger partial charge on any atom is -0.385 e. The zero-order valence-electron chi connectivity index (χ0n) is 14.8. The number of hydrogen-bond acceptors (Lipinski definition) is 4. The number of benzene rings is 1. The molecule has 2 fully saturated rings. The highest BCUT2D eigenvalue weighted by Gasteiger charge is 2.46. The van der Waals surface area contributed by atoms with Crippen LogP contribution < -0.4 is 0 Å². The SMILES string of the molecule is OC1(c2ccc3nncn3c2)CC2CCCC(C1)N2Cc1ccccc1. The number of piperidine rings is 2. The van der Waals surface area contributed by atoms with Gasteiger partial charge in [0.1, 0.15) is 6.33 Å². The number of aromatic nitrogens is 3. The molecule has 2 aliphatic rings. The predicted octanol–water partition coefficient (Wildman–Crippen LogP) is 3.13. The lowest BCUT2D eigenvalue weighted by Gasteiger charge is -2.52. The molecular weight excluding hydrogens is 324 g/mol. The van der Waals surface area contributed by atoms with Crippen LogP contribution in [0.4, 0.5) is 0 Å².